The van der Waals surface area contributed by atoms with Crippen molar-refractivity contribution in [1.82, 2.24) is 0 Å². The summed E-state index contributed by atoms with van der Waals surface area (Å²) in [5.41, 5.74) is 0. The summed E-state index contributed by atoms with van der Waals surface area (Å²) in [6.07, 6.45) is -3.57. The lowest BCUT2D eigenvalue weighted by atomic mass is 10.1. The van der Waals surface area contributed by atoms with Crippen LogP contribution in [-0.2, 0) is 23.7 Å². The van der Waals surface area contributed by atoms with Crippen LogP contribution in [0.15, 0.2) is 0 Å². The second kappa shape index (κ2) is 4.41. The normalized spacial score (nSPS) is 38.8. The van der Waals surface area contributed by atoms with E-state index in [4.69, 9.17) is 18.9 Å². The summed E-state index contributed by atoms with van der Waals surface area (Å²) in [7, 11) is 1.21. The Morgan fingerprint density at radius 2 is 2.12 bits per heavy atom. The van der Waals surface area contributed by atoms with Crippen LogP contribution in [0.2, 0.25) is 0 Å². The van der Waals surface area contributed by atoms with E-state index in [0.29, 0.717) is 0 Å². The van der Waals surface area contributed by atoms with Gasteiger partial charge in [-0.05, 0) is 13.8 Å². The molecule has 0 aromatic heterocycles. The zero-order valence-electron chi connectivity index (χ0n) is 9.91. The largest absolute Gasteiger partial charge is 0.508 e. The van der Waals surface area contributed by atoms with Gasteiger partial charge in [-0.1, -0.05) is 0 Å². The van der Waals surface area contributed by atoms with Crippen molar-refractivity contribution >= 4 is 6.16 Å². The third-order valence-corrected chi connectivity index (χ3v) is 2.65. The van der Waals surface area contributed by atoms with E-state index in [1.54, 1.807) is 13.8 Å². The molecule has 2 fully saturated rings. The Balaban J connectivity index is 1.87. The van der Waals surface area contributed by atoms with Gasteiger partial charge in [0.2, 0.25) is 0 Å². The molecule has 98 valence electrons. The van der Waals surface area contributed by atoms with Crippen molar-refractivity contribution in [1.29, 1.82) is 0 Å². The Labute approximate surface area is 98.5 Å². The molecule has 7 heteroatoms. The molecule has 0 spiro atoms. The second-order valence-corrected chi connectivity index (χ2v) is 4.40. The molecule has 2 saturated heterocycles. The standard InChI is InChI=1S/C10H16O7/c1-10(2)16-7-6(11)5(15-8(7)17-10)4-14-9(12)13-3/h5-8,11H,4H2,1-3H3. The highest BCUT2D eigenvalue weighted by molar-refractivity contribution is 5.59. The van der Waals surface area contributed by atoms with E-state index in [1.165, 1.54) is 7.11 Å². The van der Waals surface area contributed by atoms with Crippen molar-refractivity contribution in [3.8, 4) is 0 Å². The molecule has 0 aromatic carbocycles. The molecule has 7 nitrogen and oxygen atoms in total. The van der Waals surface area contributed by atoms with Crippen LogP contribution in [0.1, 0.15) is 13.8 Å². The number of aliphatic hydroxyl groups excluding tert-OH is 1. The van der Waals surface area contributed by atoms with Crippen molar-refractivity contribution in [3.05, 3.63) is 0 Å². The molecule has 2 rings (SSSR count). The Morgan fingerprint density at radius 1 is 1.41 bits per heavy atom. The average molecular weight is 248 g/mol. The molecular formula is C10H16O7. The first-order chi connectivity index (χ1) is 7.93. The van der Waals surface area contributed by atoms with Gasteiger partial charge in [0, 0.05) is 0 Å². The highest BCUT2D eigenvalue weighted by Gasteiger charge is 2.54. The molecule has 2 aliphatic heterocycles. The number of rotatable bonds is 2. The van der Waals surface area contributed by atoms with E-state index < -0.39 is 36.5 Å². The minimum Gasteiger partial charge on any atom is -0.438 e. The van der Waals surface area contributed by atoms with Crippen LogP contribution in [0.4, 0.5) is 4.79 Å². The SMILES string of the molecule is COC(=O)OCC1OC2OC(C)(C)OC2C1O. The van der Waals surface area contributed by atoms with Crippen LogP contribution in [0.5, 0.6) is 0 Å². The highest BCUT2D eigenvalue weighted by atomic mass is 16.8. The lowest BCUT2D eigenvalue weighted by molar-refractivity contribution is -0.218. The summed E-state index contributed by atoms with van der Waals surface area (Å²) in [5, 5.41) is 9.91. The number of carbonyl (C=O) groups excluding carboxylic acids is 1. The fourth-order valence-electron chi connectivity index (χ4n) is 1.91. The second-order valence-electron chi connectivity index (χ2n) is 4.40. The number of aliphatic hydroxyl groups is 1. The molecule has 0 aliphatic carbocycles. The van der Waals surface area contributed by atoms with E-state index in [1.807, 2.05) is 0 Å². The number of ether oxygens (including phenoxy) is 5. The predicted octanol–water partition coefficient (Wildman–Crippen LogP) is 0.00670. The summed E-state index contributed by atoms with van der Waals surface area (Å²) in [5.74, 6) is -0.773. The van der Waals surface area contributed by atoms with Gasteiger partial charge in [-0.25, -0.2) is 4.79 Å². The van der Waals surface area contributed by atoms with Crippen LogP contribution in [0.25, 0.3) is 0 Å². The monoisotopic (exact) mass is 248 g/mol. The third-order valence-electron chi connectivity index (χ3n) is 2.65. The molecule has 0 radical (unpaired) electrons. The van der Waals surface area contributed by atoms with Gasteiger partial charge in [0.1, 0.15) is 24.9 Å². The molecule has 4 unspecified atom stereocenters. The van der Waals surface area contributed by atoms with Crippen LogP contribution < -0.4 is 0 Å². The summed E-state index contributed by atoms with van der Waals surface area (Å²) < 4.78 is 25.3. The van der Waals surface area contributed by atoms with Crippen molar-refractivity contribution in [3.63, 3.8) is 0 Å². The van der Waals surface area contributed by atoms with Gasteiger partial charge in [0.25, 0.3) is 0 Å². The average Bonchev–Trinajstić information content (AvgIpc) is 2.70. The molecule has 0 bridgehead atoms. The zero-order chi connectivity index (χ0) is 12.6. The van der Waals surface area contributed by atoms with Crippen LogP contribution in [0.3, 0.4) is 0 Å². The third kappa shape index (κ3) is 2.52. The van der Waals surface area contributed by atoms with Gasteiger partial charge >= 0.3 is 6.16 Å². The first-order valence-electron chi connectivity index (χ1n) is 5.33. The Bertz CT molecular complexity index is 303. The summed E-state index contributed by atoms with van der Waals surface area (Å²) in [4.78, 5) is 10.8. The smallest absolute Gasteiger partial charge is 0.438 e. The molecular weight excluding hydrogens is 232 g/mol. The van der Waals surface area contributed by atoms with Crippen molar-refractivity contribution in [2.75, 3.05) is 13.7 Å². The summed E-state index contributed by atoms with van der Waals surface area (Å²) >= 11 is 0. The maximum Gasteiger partial charge on any atom is 0.508 e. The molecule has 1 N–H and O–H groups in total. The maximum atomic E-state index is 10.8. The molecule has 0 saturated carbocycles. The topological polar surface area (TPSA) is 83.5 Å². The number of hydrogen-bond acceptors (Lipinski definition) is 7. The number of fused-ring (bicyclic) bond motifs is 1. The predicted molar refractivity (Wildman–Crippen MR) is 53.1 cm³/mol. The van der Waals surface area contributed by atoms with Gasteiger partial charge in [-0.2, -0.15) is 0 Å². The van der Waals surface area contributed by atoms with Gasteiger partial charge in [-0.15, -0.1) is 0 Å². The fourth-order valence-corrected chi connectivity index (χ4v) is 1.91. The lowest BCUT2D eigenvalue weighted by Crippen LogP contribution is -2.37. The van der Waals surface area contributed by atoms with E-state index >= 15 is 0 Å². The Kier molecular flexibility index (Phi) is 3.26. The molecule has 4 atom stereocenters. The van der Waals surface area contributed by atoms with Gasteiger partial charge in [-0.3, -0.25) is 0 Å². The molecule has 0 amide bonds. The van der Waals surface area contributed by atoms with Crippen LogP contribution >= 0.6 is 0 Å². The first kappa shape index (κ1) is 12.6. The first-order valence-corrected chi connectivity index (χ1v) is 5.33. The van der Waals surface area contributed by atoms with E-state index in [9.17, 15) is 9.90 Å². The van der Waals surface area contributed by atoms with Gasteiger partial charge in [0.05, 0.1) is 7.11 Å². The van der Waals surface area contributed by atoms with E-state index in [-0.39, 0.29) is 6.61 Å². The Morgan fingerprint density at radius 3 is 2.71 bits per heavy atom. The Hall–Kier alpha value is -0.890. The summed E-state index contributed by atoms with van der Waals surface area (Å²) in [6, 6.07) is 0. The van der Waals surface area contributed by atoms with Gasteiger partial charge < -0.3 is 28.8 Å². The van der Waals surface area contributed by atoms with E-state index in [2.05, 4.69) is 4.74 Å². The van der Waals surface area contributed by atoms with Crippen molar-refractivity contribution in [2.24, 2.45) is 0 Å². The highest BCUT2D eigenvalue weighted by Crippen LogP contribution is 2.37. The number of carbonyl (C=O) groups is 1. The van der Waals surface area contributed by atoms with Crippen molar-refractivity contribution in [2.45, 2.75) is 44.2 Å². The number of hydrogen-bond donors (Lipinski definition) is 1. The molecule has 17 heavy (non-hydrogen) atoms. The zero-order valence-corrected chi connectivity index (χ0v) is 9.91. The quantitative estimate of drug-likeness (QED) is 0.689. The molecule has 0 aromatic rings. The van der Waals surface area contributed by atoms with Crippen molar-refractivity contribution < 1.29 is 33.6 Å². The lowest BCUT2D eigenvalue weighted by Gasteiger charge is -2.22. The summed E-state index contributed by atoms with van der Waals surface area (Å²) in [6.45, 7) is 3.37. The minimum absolute atomic E-state index is 0.103. The molecule has 2 aliphatic rings. The fraction of sp³-hybridized carbons (Fsp3) is 0.900. The van der Waals surface area contributed by atoms with Crippen LogP contribution in [0, 0.1) is 0 Å². The van der Waals surface area contributed by atoms with E-state index in [0.717, 1.165) is 0 Å². The molecule has 2 heterocycles. The maximum absolute atomic E-state index is 10.8. The van der Waals surface area contributed by atoms with Crippen LogP contribution in [-0.4, -0.2) is 55.4 Å². The van der Waals surface area contributed by atoms with Gasteiger partial charge in [0.15, 0.2) is 12.1 Å². The number of methoxy groups -OCH3 is 1. The minimum atomic E-state index is -0.897.